The first-order valence-corrected chi connectivity index (χ1v) is 5.70. The molecule has 1 nitrogen and oxygen atoms in total. The van der Waals surface area contributed by atoms with Crippen molar-refractivity contribution in [3.05, 3.63) is 29.8 Å². The molecule has 78 valence electrons. The molecule has 1 aromatic carbocycles. The Morgan fingerprint density at radius 1 is 1.21 bits per heavy atom. The van der Waals surface area contributed by atoms with Gasteiger partial charge in [0.05, 0.1) is 0 Å². The zero-order valence-electron chi connectivity index (χ0n) is 9.20. The summed E-state index contributed by atoms with van der Waals surface area (Å²) in [6, 6.07) is 8.77. The summed E-state index contributed by atoms with van der Waals surface area (Å²) >= 11 is 4.22. The van der Waals surface area contributed by atoms with Crippen LogP contribution in [0.25, 0.3) is 0 Å². The predicted molar refractivity (Wildman–Crippen MR) is 67.7 cm³/mol. The van der Waals surface area contributed by atoms with E-state index in [9.17, 15) is 0 Å². The molecule has 0 aliphatic heterocycles. The van der Waals surface area contributed by atoms with Crippen molar-refractivity contribution >= 4 is 18.3 Å². The van der Waals surface area contributed by atoms with Crippen LogP contribution in [-0.4, -0.2) is 19.3 Å². The second kappa shape index (κ2) is 5.30. The molecule has 0 radical (unpaired) electrons. The van der Waals surface area contributed by atoms with E-state index in [1.165, 1.54) is 11.3 Å². The predicted octanol–water partition coefficient (Wildman–Crippen LogP) is 3.18. The van der Waals surface area contributed by atoms with Crippen LogP contribution in [-0.2, 0) is 0 Å². The topological polar surface area (TPSA) is 3.24 Å². The summed E-state index contributed by atoms with van der Waals surface area (Å²) in [6.07, 6.45) is 0. The van der Waals surface area contributed by atoms with Crippen LogP contribution in [0.1, 0.15) is 25.3 Å². The van der Waals surface area contributed by atoms with E-state index < -0.39 is 0 Å². The van der Waals surface area contributed by atoms with E-state index in [-0.39, 0.29) is 0 Å². The van der Waals surface area contributed by atoms with Gasteiger partial charge in [-0.2, -0.15) is 12.6 Å². The van der Waals surface area contributed by atoms with Gasteiger partial charge in [0.1, 0.15) is 0 Å². The van der Waals surface area contributed by atoms with E-state index in [1.807, 2.05) is 0 Å². The van der Waals surface area contributed by atoms with Gasteiger partial charge in [0, 0.05) is 25.0 Å². The van der Waals surface area contributed by atoms with Gasteiger partial charge in [0.15, 0.2) is 0 Å². The molecule has 0 saturated heterocycles. The highest BCUT2D eigenvalue weighted by atomic mass is 32.1. The van der Waals surface area contributed by atoms with Crippen LogP contribution >= 0.6 is 12.6 Å². The van der Waals surface area contributed by atoms with Crippen LogP contribution in [0.2, 0.25) is 0 Å². The molecule has 0 N–H and O–H groups in total. The third-order valence-corrected chi connectivity index (χ3v) is 2.64. The molecule has 0 saturated carbocycles. The molecule has 14 heavy (non-hydrogen) atoms. The smallest absolute Gasteiger partial charge is 0.0364 e. The highest BCUT2D eigenvalue weighted by Crippen LogP contribution is 2.19. The third-order valence-electron chi connectivity index (χ3n) is 2.44. The average molecular weight is 209 g/mol. The quantitative estimate of drug-likeness (QED) is 0.745. The van der Waals surface area contributed by atoms with Crippen molar-refractivity contribution in [3.63, 3.8) is 0 Å². The lowest BCUT2D eigenvalue weighted by Gasteiger charge is -2.18. The lowest BCUT2D eigenvalue weighted by atomic mass is 10.0. The van der Waals surface area contributed by atoms with Gasteiger partial charge >= 0.3 is 0 Å². The monoisotopic (exact) mass is 209 g/mol. The molecule has 0 fully saturated rings. The largest absolute Gasteiger partial charge is 0.374 e. The van der Waals surface area contributed by atoms with Crippen LogP contribution in [0.5, 0.6) is 0 Å². The summed E-state index contributed by atoms with van der Waals surface area (Å²) in [6.45, 7) is 5.42. The maximum absolute atomic E-state index is 4.22. The molecule has 0 aromatic heterocycles. The average Bonchev–Trinajstić information content (AvgIpc) is 2.18. The van der Waals surface area contributed by atoms with Gasteiger partial charge in [-0.3, -0.25) is 0 Å². The molecular formula is C12H19NS. The van der Waals surface area contributed by atoms with Gasteiger partial charge in [-0.1, -0.05) is 26.0 Å². The summed E-state index contributed by atoms with van der Waals surface area (Å²) in [5, 5.41) is 0. The standard InChI is InChI=1S/C12H19NS/c1-10(2)11-4-6-12(7-5-11)13(3)8-9-14/h4-7,10,14H,8-9H2,1-3H3. The van der Waals surface area contributed by atoms with E-state index >= 15 is 0 Å². The first-order valence-electron chi connectivity index (χ1n) is 5.07. The van der Waals surface area contributed by atoms with Gasteiger partial charge in [0.2, 0.25) is 0 Å². The van der Waals surface area contributed by atoms with Crippen LogP contribution < -0.4 is 4.90 Å². The normalized spacial score (nSPS) is 10.6. The van der Waals surface area contributed by atoms with E-state index in [0.29, 0.717) is 5.92 Å². The minimum atomic E-state index is 0.610. The Balaban J connectivity index is 2.72. The number of anilines is 1. The minimum absolute atomic E-state index is 0.610. The number of rotatable bonds is 4. The van der Waals surface area contributed by atoms with Gasteiger partial charge in [-0.25, -0.2) is 0 Å². The third kappa shape index (κ3) is 2.95. The highest BCUT2D eigenvalue weighted by Gasteiger charge is 2.01. The summed E-state index contributed by atoms with van der Waals surface area (Å²) < 4.78 is 0. The SMILES string of the molecule is CC(C)c1ccc(N(C)CCS)cc1. The minimum Gasteiger partial charge on any atom is -0.374 e. The van der Waals surface area contributed by atoms with Crippen molar-refractivity contribution in [2.24, 2.45) is 0 Å². The molecule has 0 unspecified atom stereocenters. The second-order valence-corrected chi connectivity index (χ2v) is 4.34. The summed E-state index contributed by atoms with van der Waals surface area (Å²) in [5.74, 6) is 1.50. The Morgan fingerprint density at radius 2 is 1.79 bits per heavy atom. The van der Waals surface area contributed by atoms with Crippen molar-refractivity contribution in [1.82, 2.24) is 0 Å². The molecule has 1 rings (SSSR count). The zero-order chi connectivity index (χ0) is 10.6. The fourth-order valence-corrected chi connectivity index (χ4v) is 1.69. The summed E-state index contributed by atoms with van der Waals surface area (Å²) in [4.78, 5) is 2.22. The lowest BCUT2D eigenvalue weighted by Crippen LogP contribution is -2.19. The Bertz CT molecular complexity index is 266. The Hall–Kier alpha value is -0.630. The van der Waals surface area contributed by atoms with Crippen LogP contribution in [0.15, 0.2) is 24.3 Å². The van der Waals surface area contributed by atoms with Crippen molar-refractivity contribution in [3.8, 4) is 0 Å². The molecular weight excluding hydrogens is 190 g/mol. The van der Waals surface area contributed by atoms with E-state index in [2.05, 4.69) is 62.7 Å². The van der Waals surface area contributed by atoms with Crippen LogP contribution in [0, 0.1) is 0 Å². The molecule has 0 spiro atoms. The first-order chi connectivity index (χ1) is 6.65. The molecule has 0 aliphatic carbocycles. The van der Waals surface area contributed by atoms with Crippen molar-refractivity contribution in [2.75, 3.05) is 24.2 Å². The molecule has 0 bridgehead atoms. The lowest BCUT2D eigenvalue weighted by molar-refractivity contribution is 0.865. The number of hydrogen-bond acceptors (Lipinski definition) is 2. The molecule has 1 aromatic rings. The van der Waals surface area contributed by atoms with E-state index in [1.54, 1.807) is 0 Å². The first kappa shape index (κ1) is 11.4. The fraction of sp³-hybridized carbons (Fsp3) is 0.500. The molecule has 0 atom stereocenters. The van der Waals surface area contributed by atoms with E-state index in [0.717, 1.165) is 12.3 Å². The Morgan fingerprint density at radius 3 is 2.21 bits per heavy atom. The van der Waals surface area contributed by atoms with Crippen molar-refractivity contribution in [1.29, 1.82) is 0 Å². The van der Waals surface area contributed by atoms with Crippen LogP contribution in [0.4, 0.5) is 5.69 Å². The zero-order valence-corrected chi connectivity index (χ0v) is 10.1. The van der Waals surface area contributed by atoms with Crippen LogP contribution in [0.3, 0.4) is 0 Å². The number of benzene rings is 1. The number of nitrogens with zero attached hydrogens (tertiary/aromatic N) is 1. The fourth-order valence-electron chi connectivity index (χ4n) is 1.39. The van der Waals surface area contributed by atoms with Gasteiger partial charge < -0.3 is 4.90 Å². The molecule has 0 amide bonds. The molecule has 0 aliphatic rings. The summed E-state index contributed by atoms with van der Waals surface area (Å²) in [5.41, 5.74) is 2.66. The highest BCUT2D eigenvalue weighted by molar-refractivity contribution is 7.80. The van der Waals surface area contributed by atoms with Crippen molar-refractivity contribution < 1.29 is 0 Å². The maximum Gasteiger partial charge on any atom is 0.0364 e. The Kier molecular flexibility index (Phi) is 4.33. The maximum atomic E-state index is 4.22. The second-order valence-electron chi connectivity index (χ2n) is 3.89. The van der Waals surface area contributed by atoms with Gasteiger partial charge in [0.25, 0.3) is 0 Å². The Labute approximate surface area is 92.5 Å². The molecule has 0 heterocycles. The number of hydrogen-bond donors (Lipinski definition) is 1. The van der Waals surface area contributed by atoms with Gasteiger partial charge in [-0.15, -0.1) is 0 Å². The van der Waals surface area contributed by atoms with Crippen molar-refractivity contribution in [2.45, 2.75) is 19.8 Å². The van der Waals surface area contributed by atoms with Gasteiger partial charge in [-0.05, 0) is 23.6 Å². The number of thiol groups is 1. The molecule has 2 heteroatoms. The van der Waals surface area contributed by atoms with E-state index in [4.69, 9.17) is 0 Å². The summed E-state index contributed by atoms with van der Waals surface area (Å²) in [7, 11) is 2.10.